The first-order valence-corrected chi connectivity index (χ1v) is 8.31. The Bertz CT molecular complexity index is 962. The lowest BCUT2D eigenvalue weighted by Crippen LogP contribution is -2.29. The Labute approximate surface area is 149 Å². The number of nitrogens with zero attached hydrogens (tertiary/aromatic N) is 4. The van der Waals surface area contributed by atoms with E-state index in [-0.39, 0.29) is 6.42 Å². The molecule has 1 amide bonds. The minimum Gasteiger partial charge on any atom is -0.378 e. The molecule has 0 aliphatic carbocycles. The van der Waals surface area contributed by atoms with Crippen molar-refractivity contribution in [1.29, 1.82) is 0 Å². The van der Waals surface area contributed by atoms with Crippen molar-refractivity contribution >= 4 is 16.8 Å². The predicted octanol–water partition coefficient (Wildman–Crippen LogP) is 1.11. The number of rotatable bonds is 5. The monoisotopic (exact) mass is 353 g/mol. The van der Waals surface area contributed by atoms with Crippen molar-refractivity contribution in [3.63, 3.8) is 0 Å². The van der Waals surface area contributed by atoms with E-state index in [4.69, 9.17) is 15.2 Å². The normalized spacial score (nSPS) is 19.9. The Hall–Kier alpha value is -2.84. The van der Waals surface area contributed by atoms with Gasteiger partial charge in [0.05, 0.1) is 42.3 Å². The van der Waals surface area contributed by atoms with Gasteiger partial charge in [-0.25, -0.2) is 4.68 Å². The van der Waals surface area contributed by atoms with Gasteiger partial charge in [0.25, 0.3) is 0 Å². The number of amides is 1. The van der Waals surface area contributed by atoms with Crippen LogP contribution in [0.25, 0.3) is 16.6 Å². The van der Waals surface area contributed by atoms with Crippen molar-refractivity contribution < 1.29 is 14.3 Å². The Morgan fingerprint density at radius 1 is 1.35 bits per heavy atom. The maximum Gasteiger partial charge on any atom is 0.223 e. The lowest BCUT2D eigenvalue weighted by molar-refractivity contribution is -0.117. The minimum absolute atomic E-state index is 0.0868. The number of carbonyl (C=O) groups excluding carboxylic acids is 1. The first-order valence-electron chi connectivity index (χ1n) is 8.31. The van der Waals surface area contributed by atoms with Crippen LogP contribution < -0.4 is 5.73 Å². The van der Waals surface area contributed by atoms with Crippen LogP contribution in [-0.4, -0.2) is 46.0 Å². The van der Waals surface area contributed by atoms with Crippen molar-refractivity contribution in [3.8, 4) is 5.69 Å². The molecule has 8 nitrogen and oxygen atoms in total. The molecule has 0 saturated carbocycles. The molecule has 26 heavy (non-hydrogen) atoms. The van der Waals surface area contributed by atoms with E-state index in [1.807, 2.05) is 12.1 Å². The van der Waals surface area contributed by atoms with Crippen molar-refractivity contribution in [1.82, 2.24) is 19.7 Å². The molecule has 1 fully saturated rings. The lowest BCUT2D eigenvalue weighted by atomic mass is 9.94. The maximum atomic E-state index is 11.2. The zero-order valence-electron chi connectivity index (χ0n) is 14.4. The van der Waals surface area contributed by atoms with Gasteiger partial charge in [-0.05, 0) is 12.1 Å². The average molecular weight is 353 g/mol. The molecule has 0 radical (unpaired) electrons. The summed E-state index contributed by atoms with van der Waals surface area (Å²) in [5.74, 6) is -0.421. The minimum atomic E-state index is -0.481. The molecule has 0 spiro atoms. The summed E-state index contributed by atoms with van der Waals surface area (Å²) in [5.41, 5.74) is 7.99. The quantitative estimate of drug-likeness (QED) is 0.736. The second kappa shape index (κ2) is 6.47. The van der Waals surface area contributed by atoms with Crippen molar-refractivity contribution in [3.05, 3.63) is 48.2 Å². The topological polar surface area (TPSA) is 105 Å². The fraction of sp³-hybridized carbons (Fsp3) is 0.333. The van der Waals surface area contributed by atoms with Crippen LogP contribution in [0.15, 0.2) is 36.9 Å². The van der Waals surface area contributed by atoms with Gasteiger partial charge in [-0.1, -0.05) is 0 Å². The van der Waals surface area contributed by atoms with Gasteiger partial charge < -0.3 is 15.2 Å². The van der Waals surface area contributed by atoms with Crippen LogP contribution in [0.1, 0.15) is 17.7 Å². The molecule has 0 aromatic carbocycles. The van der Waals surface area contributed by atoms with Gasteiger partial charge in [0.15, 0.2) is 0 Å². The third-order valence-electron chi connectivity index (χ3n) is 4.74. The first-order chi connectivity index (χ1) is 12.6. The zero-order valence-corrected chi connectivity index (χ0v) is 14.4. The number of primary amides is 1. The van der Waals surface area contributed by atoms with Gasteiger partial charge in [-0.2, -0.15) is 5.10 Å². The number of hydrogen-bond acceptors (Lipinski definition) is 6. The Balaban J connectivity index is 1.78. The molecular weight excluding hydrogens is 334 g/mol. The highest BCUT2D eigenvalue weighted by Gasteiger charge is 2.37. The highest BCUT2D eigenvalue weighted by atomic mass is 16.5. The highest BCUT2D eigenvalue weighted by molar-refractivity contribution is 5.82. The number of methoxy groups -OCH3 is 1. The van der Waals surface area contributed by atoms with Gasteiger partial charge in [-0.3, -0.25) is 14.8 Å². The summed E-state index contributed by atoms with van der Waals surface area (Å²) in [6, 6.07) is 3.83. The molecule has 8 heteroatoms. The Kier molecular flexibility index (Phi) is 4.14. The summed E-state index contributed by atoms with van der Waals surface area (Å²) >= 11 is 0. The highest BCUT2D eigenvalue weighted by Crippen LogP contribution is 2.34. The summed E-state index contributed by atoms with van der Waals surface area (Å²) in [6.07, 6.45) is 7.82. The molecule has 1 aliphatic heterocycles. The molecule has 1 atom stereocenters. The molecule has 1 aliphatic rings. The Morgan fingerprint density at radius 3 is 2.96 bits per heavy atom. The summed E-state index contributed by atoms with van der Waals surface area (Å²) in [6.45, 7) is 1.16. The van der Waals surface area contributed by atoms with Gasteiger partial charge in [-0.15, -0.1) is 0 Å². The molecule has 1 saturated heterocycles. The zero-order chi connectivity index (χ0) is 18.1. The van der Waals surface area contributed by atoms with Gasteiger partial charge >= 0.3 is 0 Å². The van der Waals surface area contributed by atoms with E-state index in [1.165, 1.54) is 0 Å². The van der Waals surface area contributed by atoms with E-state index in [2.05, 4.69) is 15.1 Å². The molecular formula is C18H19N5O3. The molecule has 4 heterocycles. The molecule has 4 rings (SSSR count). The number of hydrogen-bond donors (Lipinski definition) is 1. The third-order valence-corrected chi connectivity index (χ3v) is 4.74. The maximum absolute atomic E-state index is 11.2. The van der Waals surface area contributed by atoms with E-state index in [9.17, 15) is 4.79 Å². The number of carbonyl (C=O) groups is 1. The van der Waals surface area contributed by atoms with Crippen LogP contribution in [-0.2, 0) is 26.3 Å². The summed E-state index contributed by atoms with van der Waals surface area (Å²) < 4.78 is 13.1. The van der Waals surface area contributed by atoms with Crippen LogP contribution in [0.2, 0.25) is 0 Å². The van der Waals surface area contributed by atoms with Crippen LogP contribution in [0.5, 0.6) is 0 Å². The number of fused-ring (bicyclic) bond motifs is 1. The summed E-state index contributed by atoms with van der Waals surface area (Å²) in [7, 11) is 1.69. The number of ether oxygens (including phenoxy) is 2. The average Bonchev–Trinajstić information content (AvgIpc) is 3.29. The van der Waals surface area contributed by atoms with Gasteiger partial charge in [0, 0.05) is 43.5 Å². The summed E-state index contributed by atoms with van der Waals surface area (Å²) in [4.78, 5) is 19.8. The fourth-order valence-electron chi connectivity index (χ4n) is 3.29. The second-order valence-electron chi connectivity index (χ2n) is 6.37. The third kappa shape index (κ3) is 2.83. The van der Waals surface area contributed by atoms with E-state index < -0.39 is 11.5 Å². The van der Waals surface area contributed by atoms with E-state index in [0.29, 0.717) is 18.9 Å². The molecule has 134 valence electrons. The molecule has 1 unspecified atom stereocenters. The predicted molar refractivity (Wildman–Crippen MR) is 93.7 cm³/mol. The van der Waals surface area contributed by atoms with E-state index >= 15 is 0 Å². The van der Waals surface area contributed by atoms with Crippen LogP contribution in [0.3, 0.4) is 0 Å². The molecule has 2 N–H and O–H groups in total. The molecule has 3 aromatic rings. The first kappa shape index (κ1) is 16.6. The van der Waals surface area contributed by atoms with Crippen LogP contribution in [0, 0.1) is 0 Å². The number of aromatic nitrogens is 4. The number of pyridine rings is 2. The fourth-order valence-corrected chi connectivity index (χ4v) is 3.29. The second-order valence-corrected chi connectivity index (χ2v) is 6.37. The van der Waals surface area contributed by atoms with Crippen molar-refractivity contribution in [2.45, 2.75) is 18.4 Å². The van der Waals surface area contributed by atoms with Gasteiger partial charge in [0.2, 0.25) is 5.91 Å². The van der Waals surface area contributed by atoms with Crippen molar-refractivity contribution in [2.75, 3.05) is 20.3 Å². The SMILES string of the molecule is COC1(c2cncc(-n3ncc4cnc(CC(N)=O)cc43)c2)CCOC1. The summed E-state index contributed by atoms with van der Waals surface area (Å²) in [5, 5.41) is 5.32. The van der Waals surface area contributed by atoms with E-state index in [1.54, 1.807) is 36.6 Å². The van der Waals surface area contributed by atoms with Crippen molar-refractivity contribution in [2.24, 2.45) is 5.73 Å². The van der Waals surface area contributed by atoms with Gasteiger partial charge in [0.1, 0.15) is 5.60 Å². The molecule has 3 aromatic heterocycles. The van der Waals surface area contributed by atoms with Crippen LogP contribution >= 0.6 is 0 Å². The lowest BCUT2D eigenvalue weighted by Gasteiger charge is -2.26. The largest absolute Gasteiger partial charge is 0.378 e. The smallest absolute Gasteiger partial charge is 0.223 e. The van der Waals surface area contributed by atoms with Crippen LogP contribution in [0.4, 0.5) is 0 Å². The standard InChI is InChI=1S/C18H19N5O3/c1-25-18(2-3-26-11-18)13-4-15(10-20-9-13)23-16-5-14(6-17(19)24)21-7-12(16)8-22-23/h4-5,7-10H,2-3,6,11H2,1H3,(H2,19,24). The van der Waals surface area contributed by atoms with E-state index in [0.717, 1.165) is 28.6 Å². The number of nitrogens with two attached hydrogens (primary N) is 1. The molecule has 0 bridgehead atoms. The Morgan fingerprint density at radius 2 is 2.23 bits per heavy atom.